The van der Waals surface area contributed by atoms with E-state index in [1.54, 1.807) is 17.0 Å². The predicted octanol–water partition coefficient (Wildman–Crippen LogP) is 2.17. The summed E-state index contributed by atoms with van der Waals surface area (Å²) in [6, 6.07) is 3.34. The number of hydrogen-bond donors (Lipinski definition) is 2. The summed E-state index contributed by atoms with van der Waals surface area (Å²) >= 11 is 12.2. The third-order valence-corrected chi connectivity index (χ3v) is 5.92. The fourth-order valence-electron chi connectivity index (χ4n) is 3.93. The maximum Gasteiger partial charge on any atom is 0.239 e. The van der Waals surface area contributed by atoms with Gasteiger partial charge in [-0.15, -0.1) is 0 Å². The van der Waals surface area contributed by atoms with Crippen LogP contribution in [0.4, 0.5) is 5.69 Å². The van der Waals surface area contributed by atoms with Crippen LogP contribution in [-0.2, 0) is 15.0 Å². The fourth-order valence-corrected chi connectivity index (χ4v) is 4.26. The number of hydrogen-bond acceptors (Lipinski definition) is 3. The van der Waals surface area contributed by atoms with Crippen LogP contribution in [0, 0.1) is 0 Å². The largest absolute Gasteiger partial charge is 0.340 e. The van der Waals surface area contributed by atoms with E-state index in [0.717, 1.165) is 24.9 Å². The first kappa shape index (κ1) is 15.2. The van der Waals surface area contributed by atoms with Gasteiger partial charge >= 0.3 is 0 Å². The zero-order chi connectivity index (χ0) is 16.2. The van der Waals surface area contributed by atoms with Crippen molar-refractivity contribution in [1.82, 2.24) is 10.2 Å². The van der Waals surface area contributed by atoms with E-state index in [9.17, 15) is 9.59 Å². The van der Waals surface area contributed by atoms with E-state index in [0.29, 0.717) is 35.2 Å². The van der Waals surface area contributed by atoms with Gasteiger partial charge in [0, 0.05) is 18.8 Å². The third kappa shape index (κ3) is 2.25. The minimum absolute atomic E-state index is 0.0690. The molecule has 122 valence electrons. The molecule has 1 aromatic carbocycles. The number of rotatable bonds is 1. The van der Waals surface area contributed by atoms with Crippen LogP contribution in [0.5, 0.6) is 0 Å². The second-order valence-electron chi connectivity index (χ2n) is 6.51. The van der Waals surface area contributed by atoms with Crippen LogP contribution < -0.4 is 10.6 Å². The second kappa shape index (κ2) is 5.36. The lowest BCUT2D eigenvalue weighted by Gasteiger charge is -2.24. The molecule has 7 heteroatoms. The van der Waals surface area contributed by atoms with Gasteiger partial charge in [-0.2, -0.15) is 0 Å². The molecule has 0 aromatic heterocycles. The number of anilines is 1. The number of carbonyl (C=O) groups is 2. The molecule has 3 aliphatic heterocycles. The van der Waals surface area contributed by atoms with Crippen molar-refractivity contribution in [3.05, 3.63) is 27.7 Å². The summed E-state index contributed by atoms with van der Waals surface area (Å²) in [5, 5.41) is 6.97. The topological polar surface area (TPSA) is 61.4 Å². The molecule has 3 heterocycles. The Morgan fingerprint density at radius 2 is 2.09 bits per heavy atom. The number of amides is 2. The molecule has 3 aliphatic rings. The van der Waals surface area contributed by atoms with Crippen molar-refractivity contribution >= 4 is 40.7 Å². The summed E-state index contributed by atoms with van der Waals surface area (Å²) in [6.45, 7) is 1.87. The SMILES string of the molecule is O=C([C@@H]1CCCN1)N1CC[C@]2(C1)C(=O)Nc1cc(Cl)c(Cl)cc12. The van der Waals surface area contributed by atoms with E-state index in [-0.39, 0.29) is 17.9 Å². The van der Waals surface area contributed by atoms with E-state index in [1.807, 2.05) is 0 Å². The zero-order valence-corrected chi connectivity index (χ0v) is 14.0. The molecule has 0 bridgehead atoms. The van der Waals surface area contributed by atoms with Crippen molar-refractivity contribution in [2.24, 2.45) is 0 Å². The molecule has 2 amide bonds. The molecular formula is C16H17Cl2N3O2. The molecule has 2 fully saturated rings. The third-order valence-electron chi connectivity index (χ3n) is 5.20. The van der Waals surface area contributed by atoms with Gasteiger partial charge in [-0.3, -0.25) is 9.59 Å². The summed E-state index contributed by atoms with van der Waals surface area (Å²) in [5.74, 6) is 0.0289. The second-order valence-corrected chi connectivity index (χ2v) is 7.32. The molecule has 4 rings (SSSR count). The quantitative estimate of drug-likeness (QED) is 0.813. The number of halogens is 2. The van der Waals surface area contributed by atoms with Crippen molar-refractivity contribution < 1.29 is 9.59 Å². The summed E-state index contributed by atoms with van der Waals surface area (Å²) in [4.78, 5) is 27.0. The molecule has 2 saturated heterocycles. The van der Waals surface area contributed by atoms with Gasteiger partial charge in [0.25, 0.3) is 0 Å². The van der Waals surface area contributed by atoms with E-state index in [4.69, 9.17) is 23.2 Å². The minimum atomic E-state index is -0.697. The lowest BCUT2D eigenvalue weighted by molar-refractivity contribution is -0.132. The first-order chi connectivity index (χ1) is 11.0. The van der Waals surface area contributed by atoms with Crippen LogP contribution in [0.1, 0.15) is 24.8 Å². The standard InChI is InChI=1S/C16H17Cl2N3O2/c17-10-6-9-13(7-11(10)18)20-15(23)16(9)3-5-21(8-16)14(22)12-2-1-4-19-12/h6-7,12,19H,1-5,8H2,(H,20,23)/t12-,16+/m0/s1. The Kier molecular flexibility index (Phi) is 3.55. The van der Waals surface area contributed by atoms with Crippen LogP contribution >= 0.6 is 23.2 Å². The van der Waals surface area contributed by atoms with Gasteiger partial charge in [-0.25, -0.2) is 0 Å². The smallest absolute Gasteiger partial charge is 0.239 e. The number of fused-ring (bicyclic) bond motifs is 2. The number of nitrogens with zero attached hydrogens (tertiary/aromatic N) is 1. The van der Waals surface area contributed by atoms with Crippen molar-refractivity contribution in [2.75, 3.05) is 25.0 Å². The summed E-state index contributed by atoms with van der Waals surface area (Å²) in [6.07, 6.45) is 2.50. The van der Waals surface area contributed by atoms with Crippen LogP contribution in [0.15, 0.2) is 12.1 Å². The Morgan fingerprint density at radius 3 is 2.83 bits per heavy atom. The molecule has 2 atom stereocenters. The highest BCUT2D eigenvalue weighted by Gasteiger charge is 2.52. The fraction of sp³-hybridized carbons (Fsp3) is 0.500. The molecule has 1 spiro atoms. The summed E-state index contributed by atoms with van der Waals surface area (Å²) in [7, 11) is 0. The van der Waals surface area contributed by atoms with Gasteiger partial charge in [-0.05, 0) is 43.5 Å². The maximum atomic E-state index is 12.6. The average Bonchev–Trinajstić information content (AvgIpc) is 3.23. The first-order valence-electron chi connectivity index (χ1n) is 7.84. The predicted molar refractivity (Wildman–Crippen MR) is 89.0 cm³/mol. The Labute approximate surface area is 144 Å². The average molecular weight is 354 g/mol. The van der Waals surface area contributed by atoms with Gasteiger partial charge in [0.05, 0.1) is 21.5 Å². The van der Waals surface area contributed by atoms with Crippen LogP contribution in [0.3, 0.4) is 0 Å². The number of carbonyl (C=O) groups excluding carboxylic acids is 2. The van der Waals surface area contributed by atoms with Crippen molar-refractivity contribution in [3.63, 3.8) is 0 Å². The molecule has 0 unspecified atom stereocenters. The molecule has 1 aromatic rings. The van der Waals surface area contributed by atoms with Crippen LogP contribution in [0.2, 0.25) is 10.0 Å². The van der Waals surface area contributed by atoms with E-state index in [2.05, 4.69) is 10.6 Å². The van der Waals surface area contributed by atoms with Crippen molar-refractivity contribution in [3.8, 4) is 0 Å². The Morgan fingerprint density at radius 1 is 1.30 bits per heavy atom. The Hall–Kier alpha value is -1.30. The van der Waals surface area contributed by atoms with Gasteiger partial charge < -0.3 is 15.5 Å². The van der Waals surface area contributed by atoms with Crippen molar-refractivity contribution in [2.45, 2.75) is 30.7 Å². The number of nitrogens with one attached hydrogen (secondary N) is 2. The molecule has 23 heavy (non-hydrogen) atoms. The van der Waals surface area contributed by atoms with E-state index in [1.165, 1.54) is 0 Å². The van der Waals surface area contributed by atoms with E-state index >= 15 is 0 Å². The Bertz CT molecular complexity index is 703. The molecule has 2 N–H and O–H groups in total. The lowest BCUT2D eigenvalue weighted by atomic mass is 9.81. The zero-order valence-electron chi connectivity index (χ0n) is 12.5. The first-order valence-corrected chi connectivity index (χ1v) is 8.60. The van der Waals surface area contributed by atoms with Gasteiger partial charge in [0.15, 0.2) is 0 Å². The monoisotopic (exact) mass is 353 g/mol. The van der Waals surface area contributed by atoms with E-state index < -0.39 is 5.41 Å². The van der Waals surface area contributed by atoms with Gasteiger partial charge in [0.1, 0.15) is 0 Å². The van der Waals surface area contributed by atoms with Gasteiger partial charge in [0.2, 0.25) is 11.8 Å². The van der Waals surface area contributed by atoms with Gasteiger partial charge in [-0.1, -0.05) is 23.2 Å². The Balaban J connectivity index is 1.64. The van der Waals surface area contributed by atoms with Crippen molar-refractivity contribution in [1.29, 1.82) is 0 Å². The highest BCUT2D eigenvalue weighted by molar-refractivity contribution is 6.42. The lowest BCUT2D eigenvalue weighted by Crippen LogP contribution is -2.45. The minimum Gasteiger partial charge on any atom is -0.340 e. The number of likely N-dealkylation sites (tertiary alicyclic amines) is 1. The molecule has 5 nitrogen and oxygen atoms in total. The number of benzene rings is 1. The molecular weight excluding hydrogens is 337 g/mol. The van der Waals surface area contributed by atoms with Crippen LogP contribution in [0.25, 0.3) is 0 Å². The normalized spacial score (nSPS) is 29.2. The molecule has 0 radical (unpaired) electrons. The summed E-state index contributed by atoms with van der Waals surface area (Å²) in [5.41, 5.74) is 0.863. The summed E-state index contributed by atoms with van der Waals surface area (Å²) < 4.78 is 0. The maximum absolute atomic E-state index is 12.6. The highest BCUT2D eigenvalue weighted by Crippen LogP contribution is 2.46. The van der Waals surface area contributed by atoms with Crippen LogP contribution in [-0.4, -0.2) is 42.4 Å². The molecule has 0 aliphatic carbocycles. The highest BCUT2D eigenvalue weighted by atomic mass is 35.5. The molecule has 0 saturated carbocycles.